The standard InChI is InChI=1S/C28H30N2O7/c1-26(2,3)35-23(31)21-20(16-11-13-18(34-6)14-12-16)28(24(32)36-27(4,5)37-25(28)33)22-19-10-8-7-9-17(19)15-29-30(21)22/h7-15,20-22H,1-6H3/t20-,21+,22-/m0/s1. The van der Waals surface area contributed by atoms with Crippen molar-refractivity contribution in [3.05, 3.63) is 65.2 Å². The summed E-state index contributed by atoms with van der Waals surface area (Å²) in [6.07, 6.45) is 1.62. The van der Waals surface area contributed by atoms with E-state index in [1.54, 1.807) is 58.4 Å². The van der Waals surface area contributed by atoms with Crippen LogP contribution in [-0.2, 0) is 28.6 Å². The Bertz CT molecular complexity index is 1270. The maximum absolute atomic E-state index is 14.1. The molecule has 0 saturated carbocycles. The van der Waals surface area contributed by atoms with Crippen molar-refractivity contribution in [1.82, 2.24) is 5.01 Å². The molecule has 0 N–H and O–H groups in total. The Morgan fingerprint density at radius 1 is 1.00 bits per heavy atom. The summed E-state index contributed by atoms with van der Waals surface area (Å²) in [4.78, 5) is 42.0. The molecule has 9 heteroatoms. The molecule has 3 aliphatic heterocycles. The minimum Gasteiger partial charge on any atom is -0.497 e. The second-order valence-electron chi connectivity index (χ2n) is 10.9. The fourth-order valence-corrected chi connectivity index (χ4v) is 5.53. The van der Waals surface area contributed by atoms with E-state index in [2.05, 4.69) is 5.10 Å². The van der Waals surface area contributed by atoms with Gasteiger partial charge in [0.2, 0.25) is 5.41 Å². The number of methoxy groups -OCH3 is 1. The molecule has 5 rings (SSSR count). The van der Waals surface area contributed by atoms with E-state index in [0.717, 1.165) is 5.56 Å². The first-order chi connectivity index (χ1) is 17.4. The molecule has 1 spiro atoms. The lowest BCUT2D eigenvalue weighted by Gasteiger charge is -2.44. The SMILES string of the molecule is COc1ccc([C@H]2[C@H](C(=O)OC(C)(C)C)N3N=Cc4ccccc4[C@H]3C23C(=O)OC(C)(C)OC3=O)cc1. The fourth-order valence-electron chi connectivity index (χ4n) is 5.53. The molecule has 194 valence electrons. The normalized spacial score (nSPS) is 25.1. The van der Waals surface area contributed by atoms with Crippen LogP contribution in [0.3, 0.4) is 0 Å². The average Bonchev–Trinajstić information content (AvgIpc) is 3.14. The van der Waals surface area contributed by atoms with Gasteiger partial charge in [0.05, 0.1) is 13.3 Å². The molecule has 3 aliphatic rings. The van der Waals surface area contributed by atoms with Crippen LogP contribution in [0.1, 0.15) is 63.3 Å². The number of hydrogen-bond donors (Lipinski definition) is 0. The highest BCUT2D eigenvalue weighted by Crippen LogP contribution is 2.62. The zero-order chi connectivity index (χ0) is 26.8. The summed E-state index contributed by atoms with van der Waals surface area (Å²) in [5.74, 6) is -4.07. The van der Waals surface area contributed by atoms with Gasteiger partial charge in [-0.25, -0.2) is 4.79 Å². The molecule has 37 heavy (non-hydrogen) atoms. The lowest BCUT2D eigenvalue weighted by Crippen LogP contribution is -2.58. The second kappa shape index (κ2) is 8.33. The van der Waals surface area contributed by atoms with Crippen LogP contribution >= 0.6 is 0 Å². The largest absolute Gasteiger partial charge is 0.497 e. The number of carbonyl (C=O) groups excluding carboxylic acids is 3. The van der Waals surface area contributed by atoms with Gasteiger partial charge in [-0.2, -0.15) is 5.10 Å². The van der Waals surface area contributed by atoms with Gasteiger partial charge in [0, 0.05) is 19.8 Å². The maximum atomic E-state index is 14.1. The molecule has 3 heterocycles. The molecule has 9 nitrogen and oxygen atoms in total. The predicted octanol–water partition coefficient (Wildman–Crippen LogP) is 3.72. The van der Waals surface area contributed by atoms with Crippen LogP contribution in [0.2, 0.25) is 0 Å². The van der Waals surface area contributed by atoms with Crippen LogP contribution < -0.4 is 4.74 Å². The number of hydrogen-bond acceptors (Lipinski definition) is 9. The summed E-state index contributed by atoms with van der Waals surface area (Å²) >= 11 is 0. The first kappa shape index (κ1) is 24.8. The molecule has 2 saturated heterocycles. The molecular weight excluding hydrogens is 476 g/mol. The number of cyclic esters (lactones) is 2. The third-order valence-corrected chi connectivity index (χ3v) is 6.88. The number of esters is 3. The summed E-state index contributed by atoms with van der Waals surface area (Å²) in [6.45, 7) is 8.29. The third kappa shape index (κ3) is 3.84. The second-order valence-corrected chi connectivity index (χ2v) is 10.9. The quantitative estimate of drug-likeness (QED) is 0.458. The van der Waals surface area contributed by atoms with Gasteiger partial charge in [0.1, 0.15) is 17.4 Å². The van der Waals surface area contributed by atoms with Crippen molar-refractivity contribution in [2.45, 2.75) is 64.0 Å². The molecule has 0 amide bonds. The number of carbonyl (C=O) groups is 3. The Morgan fingerprint density at radius 3 is 2.22 bits per heavy atom. The molecule has 3 atom stereocenters. The maximum Gasteiger partial charge on any atom is 0.331 e. The van der Waals surface area contributed by atoms with E-state index in [1.807, 2.05) is 24.3 Å². The van der Waals surface area contributed by atoms with Crippen LogP contribution in [0.4, 0.5) is 0 Å². The Hall–Kier alpha value is -3.88. The number of hydrazone groups is 1. The summed E-state index contributed by atoms with van der Waals surface area (Å²) in [7, 11) is 1.54. The van der Waals surface area contributed by atoms with Gasteiger partial charge in [0.15, 0.2) is 6.04 Å². The molecule has 0 aromatic heterocycles. The van der Waals surface area contributed by atoms with Gasteiger partial charge >= 0.3 is 17.9 Å². The molecule has 0 bridgehead atoms. The number of nitrogens with zero attached hydrogens (tertiary/aromatic N) is 2. The number of benzene rings is 2. The molecule has 2 aromatic rings. The summed E-state index contributed by atoms with van der Waals surface area (Å²) < 4.78 is 22.6. The van der Waals surface area contributed by atoms with Crippen molar-refractivity contribution >= 4 is 24.1 Å². The molecule has 2 fully saturated rings. The summed E-state index contributed by atoms with van der Waals surface area (Å²) in [6, 6.07) is 12.1. The third-order valence-electron chi connectivity index (χ3n) is 6.88. The van der Waals surface area contributed by atoms with Crippen LogP contribution in [0, 0.1) is 5.41 Å². The van der Waals surface area contributed by atoms with Crippen molar-refractivity contribution in [2.75, 3.05) is 7.11 Å². The van der Waals surface area contributed by atoms with Gasteiger partial charge in [-0.05, 0) is 49.6 Å². The van der Waals surface area contributed by atoms with Gasteiger partial charge in [0.25, 0.3) is 5.79 Å². The highest BCUT2D eigenvalue weighted by atomic mass is 16.7. The monoisotopic (exact) mass is 506 g/mol. The van der Waals surface area contributed by atoms with Crippen molar-refractivity contribution in [2.24, 2.45) is 10.5 Å². The van der Waals surface area contributed by atoms with E-state index in [1.165, 1.54) is 18.9 Å². The van der Waals surface area contributed by atoms with E-state index >= 15 is 0 Å². The van der Waals surface area contributed by atoms with Gasteiger partial charge in [-0.3, -0.25) is 14.6 Å². The van der Waals surface area contributed by atoms with Crippen LogP contribution in [0.15, 0.2) is 53.6 Å². The van der Waals surface area contributed by atoms with E-state index < -0.39 is 52.7 Å². The minimum absolute atomic E-state index is 0.548. The van der Waals surface area contributed by atoms with Crippen molar-refractivity contribution < 1.29 is 33.3 Å². The molecular formula is C28H30N2O7. The van der Waals surface area contributed by atoms with E-state index in [9.17, 15) is 14.4 Å². The first-order valence-corrected chi connectivity index (χ1v) is 12.1. The van der Waals surface area contributed by atoms with E-state index in [4.69, 9.17) is 18.9 Å². The number of rotatable bonds is 3. The Kier molecular flexibility index (Phi) is 5.58. The van der Waals surface area contributed by atoms with Crippen molar-refractivity contribution in [1.29, 1.82) is 0 Å². The smallest absolute Gasteiger partial charge is 0.331 e. The summed E-state index contributed by atoms with van der Waals surface area (Å²) in [5, 5.41) is 6.10. The van der Waals surface area contributed by atoms with Gasteiger partial charge in [-0.15, -0.1) is 0 Å². The Balaban J connectivity index is 1.80. The first-order valence-electron chi connectivity index (χ1n) is 12.1. The highest BCUT2D eigenvalue weighted by Gasteiger charge is 2.75. The lowest BCUT2D eigenvalue weighted by molar-refractivity contribution is -0.254. The molecule has 0 unspecified atom stereocenters. The van der Waals surface area contributed by atoms with Crippen LogP contribution in [-0.4, -0.2) is 53.7 Å². The Labute approximate surface area is 215 Å². The minimum atomic E-state index is -1.93. The summed E-state index contributed by atoms with van der Waals surface area (Å²) in [5.41, 5.74) is -0.811. The van der Waals surface area contributed by atoms with Crippen molar-refractivity contribution in [3.8, 4) is 5.75 Å². The average molecular weight is 507 g/mol. The molecule has 2 aromatic carbocycles. The topological polar surface area (TPSA) is 104 Å². The number of ether oxygens (including phenoxy) is 4. The zero-order valence-corrected chi connectivity index (χ0v) is 21.7. The van der Waals surface area contributed by atoms with E-state index in [-0.39, 0.29) is 0 Å². The lowest BCUT2D eigenvalue weighted by atomic mass is 9.65. The van der Waals surface area contributed by atoms with Crippen molar-refractivity contribution in [3.63, 3.8) is 0 Å². The number of fused-ring (bicyclic) bond motifs is 4. The van der Waals surface area contributed by atoms with Gasteiger partial charge in [-0.1, -0.05) is 36.4 Å². The van der Waals surface area contributed by atoms with Crippen LogP contribution in [0.25, 0.3) is 0 Å². The zero-order valence-electron chi connectivity index (χ0n) is 21.7. The molecule has 0 aliphatic carbocycles. The van der Waals surface area contributed by atoms with E-state index in [0.29, 0.717) is 16.9 Å². The Morgan fingerprint density at radius 2 is 1.62 bits per heavy atom. The van der Waals surface area contributed by atoms with Crippen LogP contribution in [0.5, 0.6) is 5.75 Å². The predicted molar refractivity (Wildman–Crippen MR) is 133 cm³/mol. The fraction of sp³-hybridized carbons (Fsp3) is 0.429. The van der Waals surface area contributed by atoms with Gasteiger partial charge < -0.3 is 18.9 Å². The molecule has 0 radical (unpaired) electrons. The highest BCUT2D eigenvalue weighted by molar-refractivity contribution is 6.06.